The molecule has 1 unspecified atom stereocenters. The van der Waals surface area contributed by atoms with Crippen molar-refractivity contribution >= 4 is 11.7 Å². The molecule has 1 N–H and O–H groups in total. The summed E-state index contributed by atoms with van der Waals surface area (Å²) in [4.78, 5) is 21.5. The molecule has 0 bridgehead atoms. The van der Waals surface area contributed by atoms with Crippen LogP contribution in [0.5, 0.6) is 0 Å². The van der Waals surface area contributed by atoms with Crippen LogP contribution in [0.4, 0.5) is 13.2 Å². The van der Waals surface area contributed by atoms with E-state index in [4.69, 9.17) is 0 Å². The van der Waals surface area contributed by atoms with Gasteiger partial charge in [0.25, 0.3) is 0 Å². The minimum atomic E-state index is -4.58. The number of amides is 1. The SMILES string of the molecule is CC1(C(F)(F)F)CC(=O)CC(=O)N1. The zero-order chi connectivity index (χ0) is 10.3. The van der Waals surface area contributed by atoms with Crippen LogP contribution < -0.4 is 5.32 Å². The average molecular weight is 195 g/mol. The van der Waals surface area contributed by atoms with Gasteiger partial charge in [0.1, 0.15) is 11.3 Å². The van der Waals surface area contributed by atoms with E-state index in [9.17, 15) is 22.8 Å². The summed E-state index contributed by atoms with van der Waals surface area (Å²) in [7, 11) is 0. The lowest BCUT2D eigenvalue weighted by Crippen LogP contribution is -2.60. The Morgan fingerprint density at radius 2 is 1.92 bits per heavy atom. The first kappa shape index (κ1) is 10.0. The summed E-state index contributed by atoms with van der Waals surface area (Å²) in [6.07, 6.45) is -5.72. The number of piperidine rings is 1. The molecule has 1 amide bonds. The highest BCUT2D eigenvalue weighted by atomic mass is 19.4. The molecule has 0 spiro atoms. The normalized spacial score (nSPS) is 30.2. The molecule has 1 rings (SSSR count). The van der Waals surface area contributed by atoms with E-state index in [0.29, 0.717) is 0 Å². The predicted octanol–water partition coefficient (Wildman–Crippen LogP) is 0.786. The second-order valence-corrected chi connectivity index (χ2v) is 3.27. The summed E-state index contributed by atoms with van der Waals surface area (Å²) in [5, 5.41) is 1.78. The smallest absolute Gasteiger partial charge is 0.341 e. The van der Waals surface area contributed by atoms with Crippen LogP contribution in [0.3, 0.4) is 0 Å². The Morgan fingerprint density at radius 1 is 1.38 bits per heavy atom. The van der Waals surface area contributed by atoms with Gasteiger partial charge in [-0.1, -0.05) is 0 Å². The number of carbonyl (C=O) groups is 2. The van der Waals surface area contributed by atoms with E-state index in [-0.39, 0.29) is 0 Å². The molecular formula is C7H8F3NO2. The maximum absolute atomic E-state index is 12.3. The van der Waals surface area contributed by atoms with Crippen LogP contribution in [-0.2, 0) is 9.59 Å². The maximum Gasteiger partial charge on any atom is 0.411 e. The van der Waals surface area contributed by atoms with Crippen molar-refractivity contribution in [2.75, 3.05) is 0 Å². The van der Waals surface area contributed by atoms with Crippen molar-refractivity contribution in [1.29, 1.82) is 0 Å². The Bertz CT molecular complexity index is 243. The largest absolute Gasteiger partial charge is 0.411 e. The van der Waals surface area contributed by atoms with Crippen LogP contribution in [0.25, 0.3) is 0 Å². The fraction of sp³-hybridized carbons (Fsp3) is 0.714. The highest BCUT2D eigenvalue weighted by Crippen LogP contribution is 2.35. The number of carbonyl (C=O) groups excluding carboxylic acids is 2. The van der Waals surface area contributed by atoms with Crippen molar-refractivity contribution in [3.05, 3.63) is 0 Å². The van der Waals surface area contributed by atoms with Gasteiger partial charge in [-0.3, -0.25) is 9.59 Å². The highest BCUT2D eigenvalue weighted by Gasteiger charge is 2.55. The van der Waals surface area contributed by atoms with Crippen molar-refractivity contribution in [3.8, 4) is 0 Å². The van der Waals surface area contributed by atoms with Gasteiger partial charge < -0.3 is 5.32 Å². The lowest BCUT2D eigenvalue weighted by Gasteiger charge is -2.35. The molecule has 1 aliphatic heterocycles. The van der Waals surface area contributed by atoms with Gasteiger partial charge in [0, 0.05) is 6.42 Å². The van der Waals surface area contributed by atoms with Crippen LogP contribution >= 0.6 is 0 Å². The molecule has 0 saturated carbocycles. The average Bonchev–Trinajstić information content (AvgIpc) is 1.79. The number of hydrogen-bond acceptors (Lipinski definition) is 2. The Balaban J connectivity index is 2.91. The lowest BCUT2D eigenvalue weighted by atomic mass is 9.89. The summed E-state index contributed by atoms with van der Waals surface area (Å²) in [5.74, 6) is -1.54. The summed E-state index contributed by atoms with van der Waals surface area (Å²) >= 11 is 0. The third kappa shape index (κ3) is 1.81. The molecule has 1 heterocycles. The molecule has 1 aliphatic rings. The molecule has 0 radical (unpaired) electrons. The summed E-state index contributed by atoms with van der Waals surface area (Å²) in [6.45, 7) is 0.807. The van der Waals surface area contributed by atoms with Crippen LogP contribution in [0, 0.1) is 0 Å². The Hall–Kier alpha value is -1.07. The molecule has 1 atom stereocenters. The second kappa shape index (κ2) is 2.71. The van der Waals surface area contributed by atoms with Crippen LogP contribution in [-0.4, -0.2) is 23.4 Å². The minimum Gasteiger partial charge on any atom is -0.341 e. The second-order valence-electron chi connectivity index (χ2n) is 3.27. The van der Waals surface area contributed by atoms with Crippen molar-refractivity contribution in [3.63, 3.8) is 0 Å². The van der Waals surface area contributed by atoms with E-state index in [2.05, 4.69) is 0 Å². The molecule has 13 heavy (non-hydrogen) atoms. The minimum absolute atomic E-state index is 0.453. The topological polar surface area (TPSA) is 46.2 Å². The number of Topliss-reactive ketones (excluding diaryl/α,β-unsaturated/α-hetero) is 1. The van der Waals surface area contributed by atoms with Gasteiger partial charge in [0.2, 0.25) is 5.91 Å². The molecule has 1 saturated heterocycles. The van der Waals surface area contributed by atoms with E-state index >= 15 is 0 Å². The van der Waals surface area contributed by atoms with E-state index in [1.54, 1.807) is 5.32 Å². The first-order valence-electron chi connectivity index (χ1n) is 3.64. The van der Waals surface area contributed by atoms with Gasteiger partial charge in [0.15, 0.2) is 0 Å². The van der Waals surface area contributed by atoms with E-state index in [0.717, 1.165) is 6.92 Å². The number of halogens is 3. The van der Waals surface area contributed by atoms with Crippen molar-refractivity contribution in [2.24, 2.45) is 0 Å². The molecule has 3 nitrogen and oxygen atoms in total. The molecule has 0 aromatic carbocycles. The van der Waals surface area contributed by atoms with Crippen LogP contribution in [0.15, 0.2) is 0 Å². The fourth-order valence-electron chi connectivity index (χ4n) is 1.20. The number of hydrogen-bond donors (Lipinski definition) is 1. The molecule has 74 valence electrons. The van der Waals surface area contributed by atoms with Crippen molar-refractivity contribution in [2.45, 2.75) is 31.5 Å². The Morgan fingerprint density at radius 3 is 2.31 bits per heavy atom. The van der Waals surface area contributed by atoms with E-state index in [1.807, 2.05) is 0 Å². The van der Waals surface area contributed by atoms with Crippen LogP contribution in [0.2, 0.25) is 0 Å². The number of nitrogens with one attached hydrogen (secondary N) is 1. The first-order valence-corrected chi connectivity index (χ1v) is 3.64. The molecule has 0 aromatic heterocycles. The molecule has 6 heteroatoms. The number of rotatable bonds is 0. The Labute approximate surface area is 72.3 Å². The van der Waals surface area contributed by atoms with Gasteiger partial charge in [-0.05, 0) is 6.92 Å². The van der Waals surface area contributed by atoms with Crippen molar-refractivity contribution in [1.82, 2.24) is 5.32 Å². The first-order chi connectivity index (χ1) is 5.74. The third-order valence-corrected chi connectivity index (χ3v) is 1.95. The third-order valence-electron chi connectivity index (χ3n) is 1.95. The van der Waals surface area contributed by atoms with Gasteiger partial charge >= 0.3 is 6.18 Å². The van der Waals surface area contributed by atoms with Crippen LogP contribution in [0.1, 0.15) is 19.8 Å². The molecule has 1 fully saturated rings. The summed E-state index contributed by atoms with van der Waals surface area (Å²) < 4.78 is 36.9. The van der Waals surface area contributed by atoms with Gasteiger partial charge in [-0.15, -0.1) is 0 Å². The zero-order valence-electron chi connectivity index (χ0n) is 6.86. The maximum atomic E-state index is 12.3. The van der Waals surface area contributed by atoms with Gasteiger partial charge in [-0.25, -0.2) is 0 Å². The number of ketones is 1. The summed E-state index contributed by atoms with van der Waals surface area (Å²) in [6, 6.07) is 0. The monoisotopic (exact) mass is 195 g/mol. The number of alkyl halides is 3. The van der Waals surface area contributed by atoms with E-state index in [1.165, 1.54) is 0 Å². The quantitative estimate of drug-likeness (QED) is 0.581. The highest BCUT2D eigenvalue weighted by molar-refractivity contribution is 6.01. The molecule has 0 aliphatic carbocycles. The van der Waals surface area contributed by atoms with Crippen molar-refractivity contribution < 1.29 is 22.8 Å². The van der Waals surface area contributed by atoms with Gasteiger partial charge in [-0.2, -0.15) is 13.2 Å². The van der Waals surface area contributed by atoms with E-state index < -0.39 is 36.2 Å². The standard InChI is InChI=1S/C7H8F3NO2/c1-6(7(8,9)10)3-4(12)2-5(13)11-6/h2-3H2,1H3,(H,11,13). The molecular weight excluding hydrogens is 187 g/mol. The molecule has 0 aromatic rings. The summed E-state index contributed by atoms with van der Waals surface area (Å²) in [5.41, 5.74) is -2.39. The lowest BCUT2D eigenvalue weighted by molar-refractivity contribution is -0.199. The predicted molar refractivity (Wildman–Crippen MR) is 36.8 cm³/mol. The zero-order valence-corrected chi connectivity index (χ0v) is 6.86. The Kier molecular flexibility index (Phi) is 2.09. The van der Waals surface area contributed by atoms with Gasteiger partial charge in [0.05, 0.1) is 6.42 Å². The fourth-order valence-corrected chi connectivity index (χ4v) is 1.20.